The van der Waals surface area contributed by atoms with Crippen molar-refractivity contribution in [3.05, 3.63) is 12.2 Å². The number of hydrogen-bond donors (Lipinski definition) is 1. The van der Waals surface area contributed by atoms with Crippen LogP contribution in [0.15, 0.2) is 12.2 Å². The lowest BCUT2D eigenvalue weighted by Gasteiger charge is -2.14. The Balaban J connectivity index is 2.32. The van der Waals surface area contributed by atoms with Gasteiger partial charge in [0.15, 0.2) is 0 Å². The number of imide groups is 1. The highest BCUT2D eigenvalue weighted by molar-refractivity contribution is 6.13. The molecule has 0 bridgehead atoms. The molecule has 1 heterocycles. The minimum Gasteiger partial charge on any atom is -0.273 e. The molecule has 1 N–H and O–H groups in total. The predicted molar refractivity (Wildman–Crippen MR) is 53.3 cm³/mol. The van der Waals surface area contributed by atoms with E-state index >= 15 is 0 Å². The first-order chi connectivity index (χ1) is 7.15. The molecule has 0 saturated heterocycles. The van der Waals surface area contributed by atoms with E-state index in [2.05, 4.69) is 5.43 Å². The zero-order valence-corrected chi connectivity index (χ0v) is 8.66. The SMILES string of the molecule is CCCCCC(=O)NN1C(=O)C=CC1=O. The van der Waals surface area contributed by atoms with Crippen LogP contribution in [0.3, 0.4) is 0 Å². The Bertz CT molecular complexity index is 292. The number of nitrogens with zero attached hydrogens (tertiary/aromatic N) is 1. The van der Waals surface area contributed by atoms with E-state index in [4.69, 9.17) is 0 Å². The predicted octanol–water partition coefficient (Wildman–Crippen LogP) is 0.523. The average molecular weight is 210 g/mol. The van der Waals surface area contributed by atoms with Gasteiger partial charge in [0.05, 0.1) is 0 Å². The van der Waals surface area contributed by atoms with E-state index in [-0.39, 0.29) is 5.91 Å². The maximum absolute atomic E-state index is 11.3. The molecule has 0 unspecified atom stereocenters. The number of hydrazine groups is 1. The molecule has 0 spiro atoms. The maximum atomic E-state index is 11.3. The van der Waals surface area contributed by atoms with E-state index < -0.39 is 11.8 Å². The Morgan fingerprint density at radius 2 is 1.87 bits per heavy atom. The van der Waals surface area contributed by atoms with Crippen LogP contribution in [0.1, 0.15) is 32.6 Å². The van der Waals surface area contributed by atoms with E-state index in [0.29, 0.717) is 6.42 Å². The van der Waals surface area contributed by atoms with Gasteiger partial charge in [0, 0.05) is 18.6 Å². The average Bonchev–Trinajstić information content (AvgIpc) is 2.50. The third-order valence-corrected chi connectivity index (χ3v) is 2.05. The van der Waals surface area contributed by atoms with Crippen molar-refractivity contribution in [2.24, 2.45) is 0 Å². The van der Waals surface area contributed by atoms with Gasteiger partial charge in [-0.2, -0.15) is 5.01 Å². The number of hydrogen-bond acceptors (Lipinski definition) is 3. The number of amides is 3. The van der Waals surface area contributed by atoms with Gasteiger partial charge in [-0.25, -0.2) is 0 Å². The fourth-order valence-electron chi connectivity index (χ4n) is 1.23. The largest absolute Gasteiger partial charge is 0.273 e. The van der Waals surface area contributed by atoms with Crippen molar-refractivity contribution < 1.29 is 14.4 Å². The smallest absolute Gasteiger partial charge is 0.272 e. The fraction of sp³-hybridized carbons (Fsp3) is 0.500. The standard InChI is InChI=1S/C10H14N2O3/c1-2-3-4-5-8(13)11-12-9(14)6-7-10(12)15/h6-7H,2-5H2,1H3,(H,11,13). The zero-order chi connectivity index (χ0) is 11.3. The Morgan fingerprint density at radius 3 is 2.40 bits per heavy atom. The normalized spacial score (nSPS) is 14.9. The van der Waals surface area contributed by atoms with Gasteiger partial charge >= 0.3 is 0 Å². The molecule has 3 amide bonds. The molecule has 0 saturated carbocycles. The van der Waals surface area contributed by atoms with Gasteiger partial charge in [-0.05, 0) is 6.42 Å². The molecule has 5 heteroatoms. The van der Waals surface area contributed by atoms with Gasteiger partial charge in [0.2, 0.25) is 5.91 Å². The Labute approximate surface area is 88.1 Å². The molecule has 0 atom stereocenters. The van der Waals surface area contributed by atoms with Crippen molar-refractivity contribution in [2.75, 3.05) is 0 Å². The highest BCUT2D eigenvalue weighted by atomic mass is 16.2. The molecule has 5 nitrogen and oxygen atoms in total. The van der Waals surface area contributed by atoms with Gasteiger partial charge in [-0.15, -0.1) is 0 Å². The summed E-state index contributed by atoms with van der Waals surface area (Å²) in [6.45, 7) is 2.04. The van der Waals surface area contributed by atoms with Crippen molar-refractivity contribution in [1.82, 2.24) is 10.4 Å². The zero-order valence-electron chi connectivity index (χ0n) is 8.66. The van der Waals surface area contributed by atoms with E-state index in [0.717, 1.165) is 36.4 Å². The summed E-state index contributed by atoms with van der Waals surface area (Å²) >= 11 is 0. The summed E-state index contributed by atoms with van der Waals surface area (Å²) in [6.07, 6.45) is 5.37. The van der Waals surface area contributed by atoms with Crippen molar-refractivity contribution in [3.63, 3.8) is 0 Å². The van der Waals surface area contributed by atoms with Crippen molar-refractivity contribution >= 4 is 17.7 Å². The molecular formula is C10H14N2O3. The Morgan fingerprint density at radius 1 is 1.27 bits per heavy atom. The van der Waals surface area contributed by atoms with E-state index in [9.17, 15) is 14.4 Å². The monoisotopic (exact) mass is 210 g/mol. The summed E-state index contributed by atoms with van der Waals surface area (Å²) in [5.41, 5.74) is 2.27. The van der Waals surface area contributed by atoms with Gasteiger partial charge in [-0.1, -0.05) is 19.8 Å². The van der Waals surface area contributed by atoms with Gasteiger partial charge in [0.1, 0.15) is 0 Å². The lowest BCUT2D eigenvalue weighted by Crippen LogP contribution is -2.45. The van der Waals surface area contributed by atoms with Crippen LogP contribution in [0, 0.1) is 0 Å². The molecular weight excluding hydrogens is 196 g/mol. The summed E-state index contributed by atoms with van der Waals surface area (Å²) in [7, 11) is 0. The summed E-state index contributed by atoms with van der Waals surface area (Å²) in [5, 5.41) is 0.730. The summed E-state index contributed by atoms with van der Waals surface area (Å²) in [5.74, 6) is -1.29. The van der Waals surface area contributed by atoms with Crippen LogP contribution in [0.4, 0.5) is 0 Å². The highest BCUT2D eigenvalue weighted by Crippen LogP contribution is 2.02. The number of rotatable bonds is 5. The fourth-order valence-corrected chi connectivity index (χ4v) is 1.23. The van der Waals surface area contributed by atoms with Crippen molar-refractivity contribution in [1.29, 1.82) is 0 Å². The second-order valence-corrected chi connectivity index (χ2v) is 3.34. The molecule has 0 aromatic heterocycles. The van der Waals surface area contributed by atoms with Crippen LogP contribution in [-0.4, -0.2) is 22.7 Å². The minimum absolute atomic E-state index is 0.297. The molecule has 1 rings (SSSR count). The Hall–Kier alpha value is -1.65. The molecule has 1 aliphatic rings. The van der Waals surface area contributed by atoms with Crippen LogP contribution < -0.4 is 5.43 Å². The lowest BCUT2D eigenvalue weighted by atomic mass is 10.2. The topological polar surface area (TPSA) is 66.5 Å². The number of unbranched alkanes of at least 4 members (excludes halogenated alkanes) is 2. The molecule has 15 heavy (non-hydrogen) atoms. The number of carbonyl (C=O) groups is 3. The molecule has 1 aliphatic heterocycles. The molecule has 0 aromatic rings. The first-order valence-corrected chi connectivity index (χ1v) is 5.00. The van der Waals surface area contributed by atoms with Crippen LogP contribution in [0.5, 0.6) is 0 Å². The van der Waals surface area contributed by atoms with Crippen LogP contribution in [0.2, 0.25) is 0 Å². The summed E-state index contributed by atoms with van der Waals surface area (Å²) in [6, 6.07) is 0. The van der Waals surface area contributed by atoms with Crippen molar-refractivity contribution in [3.8, 4) is 0 Å². The molecule has 0 aliphatic carbocycles. The van der Waals surface area contributed by atoms with E-state index in [1.807, 2.05) is 6.92 Å². The second-order valence-electron chi connectivity index (χ2n) is 3.34. The third-order valence-electron chi connectivity index (χ3n) is 2.05. The van der Waals surface area contributed by atoms with Crippen molar-refractivity contribution in [2.45, 2.75) is 32.6 Å². The van der Waals surface area contributed by atoms with Crippen LogP contribution in [0.25, 0.3) is 0 Å². The summed E-state index contributed by atoms with van der Waals surface area (Å²) < 4.78 is 0. The first kappa shape index (κ1) is 11.4. The quantitative estimate of drug-likeness (QED) is 0.531. The van der Waals surface area contributed by atoms with Gasteiger partial charge in [0.25, 0.3) is 11.8 Å². The first-order valence-electron chi connectivity index (χ1n) is 5.00. The molecule has 82 valence electrons. The lowest BCUT2D eigenvalue weighted by molar-refractivity contribution is -0.146. The van der Waals surface area contributed by atoms with Gasteiger partial charge in [-0.3, -0.25) is 19.8 Å². The second kappa shape index (κ2) is 5.29. The third kappa shape index (κ3) is 3.19. The Kier molecular flexibility index (Phi) is 4.03. The van der Waals surface area contributed by atoms with E-state index in [1.165, 1.54) is 0 Å². The number of carbonyl (C=O) groups excluding carboxylic acids is 3. The van der Waals surface area contributed by atoms with E-state index in [1.54, 1.807) is 0 Å². The van der Waals surface area contributed by atoms with Crippen LogP contribution >= 0.6 is 0 Å². The molecule has 0 aromatic carbocycles. The minimum atomic E-state index is -0.496. The molecule has 0 fully saturated rings. The van der Waals surface area contributed by atoms with Gasteiger partial charge < -0.3 is 0 Å². The number of nitrogens with one attached hydrogen (secondary N) is 1. The molecule has 0 radical (unpaired) electrons. The summed E-state index contributed by atoms with van der Waals surface area (Å²) in [4.78, 5) is 33.4. The highest BCUT2D eigenvalue weighted by Gasteiger charge is 2.24. The van der Waals surface area contributed by atoms with Crippen LogP contribution in [-0.2, 0) is 14.4 Å². The maximum Gasteiger partial charge on any atom is 0.272 e.